The standard InChI is InChI=1S/C22H42O3.2C8H20NO/c1-3-5-7-9-11-12-14-16-18-20-22(24)25-21(23)19-17-15-13-10-8-6-4-2;2*1-5-9(3,6-2)7-8-10-4/h3-20H2,1-2H3;2*5-8H2,1-4H3/q;2*+1. The van der Waals surface area contributed by atoms with Crippen molar-refractivity contribution in [3.05, 3.63) is 0 Å². The third-order valence-corrected chi connectivity index (χ3v) is 9.42. The molecule has 0 aliphatic heterocycles. The quantitative estimate of drug-likeness (QED) is 0.0367. The van der Waals surface area contributed by atoms with Crippen molar-refractivity contribution in [3.8, 4) is 0 Å². The van der Waals surface area contributed by atoms with E-state index in [4.69, 9.17) is 14.2 Å². The first-order valence-electron chi connectivity index (χ1n) is 19.0. The minimum Gasteiger partial charge on any atom is -0.393 e. The molecule has 0 aromatic carbocycles. The summed E-state index contributed by atoms with van der Waals surface area (Å²) < 4.78 is 17.2. The molecule has 7 heteroatoms. The van der Waals surface area contributed by atoms with Gasteiger partial charge in [0.15, 0.2) is 0 Å². The average Bonchev–Trinajstić information content (AvgIpc) is 3.05. The van der Waals surface area contributed by atoms with Crippen LogP contribution >= 0.6 is 0 Å². The number of ether oxygens (including phenoxy) is 3. The topological polar surface area (TPSA) is 61.8 Å². The molecule has 0 bridgehead atoms. The van der Waals surface area contributed by atoms with Crippen molar-refractivity contribution in [1.82, 2.24) is 0 Å². The van der Waals surface area contributed by atoms with Crippen molar-refractivity contribution >= 4 is 11.9 Å². The molecule has 0 aliphatic carbocycles. The fourth-order valence-electron chi connectivity index (χ4n) is 4.74. The molecule has 0 N–H and O–H groups in total. The van der Waals surface area contributed by atoms with Gasteiger partial charge in [0.1, 0.15) is 13.1 Å². The minimum absolute atomic E-state index is 0.337. The average molecular weight is 647 g/mol. The van der Waals surface area contributed by atoms with Gasteiger partial charge in [-0.05, 0) is 40.5 Å². The number of unbranched alkanes of at least 4 members (excludes halogenated alkanes) is 14. The van der Waals surface area contributed by atoms with E-state index in [0.29, 0.717) is 12.8 Å². The second-order valence-corrected chi connectivity index (χ2v) is 13.2. The summed E-state index contributed by atoms with van der Waals surface area (Å²) in [6.45, 7) is 22.1. The van der Waals surface area contributed by atoms with Gasteiger partial charge in [0, 0.05) is 27.1 Å². The second kappa shape index (κ2) is 35.8. The maximum atomic E-state index is 11.6. The number of esters is 2. The fraction of sp³-hybridized carbons (Fsp3) is 0.947. The molecule has 0 saturated carbocycles. The number of carbonyl (C=O) groups excluding carboxylic acids is 2. The summed E-state index contributed by atoms with van der Waals surface area (Å²) in [5.74, 6) is -0.676. The third-order valence-electron chi connectivity index (χ3n) is 9.42. The van der Waals surface area contributed by atoms with Crippen molar-refractivity contribution in [1.29, 1.82) is 0 Å². The van der Waals surface area contributed by atoms with Crippen LogP contribution in [0.1, 0.15) is 157 Å². The SMILES string of the molecule is CCCCCCCCCCCC(=O)OC(=O)CCCCCCCCC.CC[N+](C)(CC)CCOC.CC[N+](C)(CC)CCOC. The molecule has 0 aromatic heterocycles. The molecule has 0 atom stereocenters. The Hall–Kier alpha value is -1.02. The van der Waals surface area contributed by atoms with Crippen LogP contribution in [0.5, 0.6) is 0 Å². The lowest BCUT2D eigenvalue weighted by Crippen LogP contribution is -2.45. The molecule has 45 heavy (non-hydrogen) atoms. The highest BCUT2D eigenvalue weighted by Crippen LogP contribution is 2.12. The Balaban J connectivity index is -0.000000720. The molecule has 0 amide bonds. The molecule has 0 rings (SSSR count). The Morgan fingerprint density at radius 3 is 0.956 bits per heavy atom. The number of nitrogens with zero attached hydrogens (tertiary/aromatic N) is 2. The van der Waals surface area contributed by atoms with Crippen LogP contribution in [0.2, 0.25) is 0 Å². The summed E-state index contributed by atoms with van der Waals surface area (Å²) in [5.41, 5.74) is 0. The summed E-state index contributed by atoms with van der Waals surface area (Å²) in [4.78, 5) is 23.2. The maximum absolute atomic E-state index is 11.6. The van der Waals surface area contributed by atoms with Crippen molar-refractivity contribution in [2.24, 2.45) is 0 Å². The smallest absolute Gasteiger partial charge is 0.313 e. The summed E-state index contributed by atoms with van der Waals surface area (Å²) >= 11 is 0. The van der Waals surface area contributed by atoms with Crippen LogP contribution in [0, 0.1) is 0 Å². The lowest BCUT2D eigenvalue weighted by molar-refractivity contribution is -0.906. The number of quaternary nitrogens is 2. The van der Waals surface area contributed by atoms with Gasteiger partial charge in [-0.1, -0.05) is 104 Å². The highest BCUT2D eigenvalue weighted by molar-refractivity contribution is 5.85. The van der Waals surface area contributed by atoms with Crippen molar-refractivity contribution in [3.63, 3.8) is 0 Å². The van der Waals surface area contributed by atoms with E-state index in [1.807, 2.05) is 0 Å². The number of hydrogen-bond donors (Lipinski definition) is 0. The summed E-state index contributed by atoms with van der Waals surface area (Å²) in [6, 6.07) is 0. The Labute approximate surface area is 282 Å². The zero-order chi connectivity index (χ0) is 34.7. The van der Waals surface area contributed by atoms with Gasteiger partial charge in [-0.2, -0.15) is 0 Å². The Morgan fingerprint density at radius 2 is 0.711 bits per heavy atom. The molecular weight excluding hydrogens is 564 g/mol. The van der Waals surface area contributed by atoms with Crippen molar-refractivity contribution < 1.29 is 32.8 Å². The van der Waals surface area contributed by atoms with Crippen LogP contribution in [-0.4, -0.2) is 102 Å². The molecule has 0 fully saturated rings. The van der Waals surface area contributed by atoms with Gasteiger partial charge < -0.3 is 23.2 Å². The lowest BCUT2D eigenvalue weighted by atomic mass is 10.1. The maximum Gasteiger partial charge on any atom is 0.313 e. The Bertz CT molecular complexity index is 599. The predicted molar refractivity (Wildman–Crippen MR) is 194 cm³/mol. The number of methoxy groups -OCH3 is 2. The molecule has 272 valence electrons. The number of likely N-dealkylation sites (N-methyl/N-ethyl adjacent to an activating group) is 2. The number of carbonyl (C=O) groups is 2. The second-order valence-electron chi connectivity index (χ2n) is 13.2. The van der Waals surface area contributed by atoms with Crippen LogP contribution in [0.15, 0.2) is 0 Å². The zero-order valence-corrected chi connectivity index (χ0v) is 32.3. The fourth-order valence-corrected chi connectivity index (χ4v) is 4.74. The van der Waals surface area contributed by atoms with Gasteiger partial charge in [0.2, 0.25) is 0 Å². The van der Waals surface area contributed by atoms with E-state index in [-0.39, 0.29) is 11.9 Å². The van der Waals surface area contributed by atoms with Crippen LogP contribution in [0.4, 0.5) is 0 Å². The van der Waals surface area contributed by atoms with E-state index in [0.717, 1.165) is 61.0 Å². The van der Waals surface area contributed by atoms with Gasteiger partial charge >= 0.3 is 11.9 Å². The van der Waals surface area contributed by atoms with E-state index in [1.165, 1.54) is 103 Å². The zero-order valence-electron chi connectivity index (χ0n) is 32.3. The normalized spacial score (nSPS) is 11.3. The first kappa shape index (κ1) is 48.4. The summed E-state index contributed by atoms with van der Waals surface area (Å²) in [5, 5.41) is 0. The molecular formula is C38H82N2O5+2. The van der Waals surface area contributed by atoms with Gasteiger partial charge in [-0.15, -0.1) is 0 Å². The first-order valence-corrected chi connectivity index (χ1v) is 19.0. The first-order chi connectivity index (χ1) is 21.6. The van der Waals surface area contributed by atoms with E-state index < -0.39 is 0 Å². The van der Waals surface area contributed by atoms with Crippen molar-refractivity contribution in [2.45, 2.75) is 157 Å². The Morgan fingerprint density at radius 1 is 0.444 bits per heavy atom. The largest absolute Gasteiger partial charge is 0.393 e. The molecule has 0 radical (unpaired) electrons. The highest BCUT2D eigenvalue weighted by Gasteiger charge is 2.15. The predicted octanol–water partition coefficient (Wildman–Crippen LogP) is 9.36. The van der Waals surface area contributed by atoms with Gasteiger partial charge in [0.05, 0.1) is 53.5 Å². The summed E-state index contributed by atoms with van der Waals surface area (Å²) in [6.07, 6.45) is 19.9. The van der Waals surface area contributed by atoms with Gasteiger partial charge in [-0.3, -0.25) is 9.59 Å². The van der Waals surface area contributed by atoms with Gasteiger partial charge in [-0.25, -0.2) is 0 Å². The minimum atomic E-state index is -0.338. The van der Waals surface area contributed by atoms with Crippen LogP contribution in [-0.2, 0) is 23.8 Å². The molecule has 0 aliphatic rings. The monoisotopic (exact) mass is 647 g/mol. The molecule has 0 heterocycles. The van der Waals surface area contributed by atoms with Gasteiger partial charge in [0.25, 0.3) is 0 Å². The number of hydrogen-bond acceptors (Lipinski definition) is 5. The molecule has 0 saturated heterocycles. The highest BCUT2D eigenvalue weighted by atomic mass is 16.6. The lowest BCUT2D eigenvalue weighted by Gasteiger charge is -2.31. The third kappa shape index (κ3) is 35.7. The van der Waals surface area contributed by atoms with E-state index in [2.05, 4.69) is 55.6 Å². The van der Waals surface area contributed by atoms with E-state index in [1.54, 1.807) is 14.2 Å². The van der Waals surface area contributed by atoms with E-state index in [9.17, 15) is 9.59 Å². The summed E-state index contributed by atoms with van der Waals surface area (Å²) in [7, 11) is 8.04. The molecule has 0 unspecified atom stereocenters. The van der Waals surface area contributed by atoms with E-state index >= 15 is 0 Å². The van der Waals surface area contributed by atoms with Crippen LogP contribution < -0.4 is 0 Å². The number of rotatable bonds is 28. The molecule has 0 spiro atoms. The van der Waals surface area contributed by atoms with Crippen LogP contribution in [0.3, 0.4) is 0 Å². The van der Waals surface area contributed by atoms with Crippen molar-refractivity contribution in [2.75, 3.05) is 80.8 Å². The molecule has 7 nitrogen and oxygen atoms in total. The van der Waals surface area contributed by atoms with Crippen LogP contribution in [0.25, 0.3) is 0 Å². The Kier molecular flexibility index (Phi) is 38.5. The molecule has 0 aromatic rings.